The molecular formula is C8H14O. The predicted octanol–water partition coefficient (Wildman–Crippen LogP) is 2.32. The van der Waals surface area contributed by atoms with Crippen LogP contribution in [0.4, 0.5) is 0 Å². The largest absolute Gasteiger partial charge is 0.295 e. The number of rotatable bonds is 3. The first-order chi connectivity index (χ1) is 4.22. The van der Waals surface area contributed by atoms with Crippen LogP contribution in [0.25, 0.3) is 0 Å². The second-order valence-electron chi connectivity index (χ2n) is 2.14. The molecule has 0 atom stereocenters. The van der Waals surface area contributed by atoms with Crippen LogP contribution >= 0.6 is 0 Å². The number of ketones is 1. The Morgan fingerprint density at radius 3 is 2.44 bits per heavy atom. The summed E-state index contributed by atoms with van der Waals surface area (Å²) < 4.78 is 0. The number of carbonyl (C=O) groups excluding carboxylic acids is 1. The van der Waals surface area contributed by atoms with E-state index >= 15 is 0 Å². The molecule has 0 unspecified atom stereocenters. The molecule has 0 saturated carbocycles. The van der Waals surface area contributed by atoms with Crippen LogP contribution in [-0.2, 0) is 4.79 Å². The van der Waals surface area contributed by atoms with Crippen molar-refractivity contribution in [1.82, 2.24) is 0 Å². The lowest BCUT2D eigenvalue weighted by atomic mass is 10.1. The summed E-state index contributed by atoms with van der Waals surface area (Å²) in [6, 6.07) is 0. The van der Waals surface area contributed by atoms with Gasteiger partial charge in [0.2, 0.25) is 0 Å². The van der Waals surface area contributed by atoms with Crippen molar-refractivity contribution >= 4 is 5.78 Å². The average molecular weight is 126 g/mol. The van der Waals surface area contributed by atoms with Gasteiger partial charge in [-0.2, -0.15) is 0 Å². The fraction of sp³-hybridized carbons (Fsp3) is 0.625. The SMILES string of the molecule is C/C=C(\C)C(=O)CCC. The Morgan fingerprint density at radius 2 is 2.11 bits per heavy atom. The zero-order valence-corrected chi connectivity index (χ0v) is 6.40. The van der Waals surface area contributed by atoms with Crippen LogP contribution in [0.15, 0.2) is 11.6 Å². The van der Waals surface area contributed by atoms with Crippen molar-refractivity contribution in [3.63, 3.8) is 0 Å². The minimum atomic E-state index is 0.278. The highest BCUT2D eigenvalue weighted by atomic mass is 16.1. The monoisotopic (exact) mass is 126 g/mol. The van der Waals surface area contributed by atoms with Crippen molar-refractivity contribution < 1.29 is 4.79 Å². The predicted molar refractivity (Wildman–Crippen MR) is 39.3 cm³/mol. The molecule has 0 aromatic carbocycles. The van der Waals surface area contributed by atoms with Gasteiger partial charge in [0.1, 0.15) is 0 Å². The maximum absolute atomic E-state index is 10.9. The standard InChI is InChI=1S/C8H14O/c1-4-6-8(9)7(3)5-2/h5H,4,6H2,1-3H3/b7-5+. The minimum Gasteiger partial charge on any atom is -0.295 e. The average Bonchev–Trinajstić information content (AvgIpc) is 1.87. The molecule has 0 saturated heterocycles. The Hall–Kier alpha value is -0.590. The van der Waals surface area contributed by atoms with Crippen LogP contribution in [-0.4, -0.2) is 5.78 Å². The van der Waals surface area contributed by atoms with E-state index in [-0.39, 0.29) is 5.78 Å². The Bertz CT molecular complexity index is 123. The van der Waals surface area contributed by atoms with Gasteiger partial charge < -0.3 is 0 Å². The molecule has 0 aliphatic rings. The molecule has 0 fully saturated rings. The van der Waals surface area contributed by atoms with E-state index in [1.54, 1.807) is 0 Å². The smallest absolute Gasteiger partial charge is 0.158 e. The van der Waals surface area contributed by atoms with E-state index in [0.717, 1.165) is 12.0 Å². The Kier molecular flexibility index (Phi) is 4.02. The van der Waals surface area contributed by atoms with Gasteiger partial charge in [0, 0.05) is 6.42 Å². The highest BCUT2D eigenvalue weighted by molar-refractivity contribution is 5.94. The van der Waals surface area contributed by atoms with Crippen molar-refractivity contribution in [3.05, 3.63) is 11.6 Å². The highest BCUT2D eigenvalue weighted by Gasteiger charge is 1.99. The maximum Gasteiger partial charge on any atom is 0.158 e. The van der Waals surface area contributed by atoms with Gasteiger partial charge >= 0.3 is 0 Å². The number of hydrogen-bond acceptors (Lipinski definition) is 1. The number of allylic oxidation sites excluding steroid dienone is 2. The molecule has 0 N–H and O–H groups in total. The van der Waals surface area contributed by atoms with Crippen LogP contribution in [0.5, 0.6) is 0 Å². The first-order valence-corrected chi connectivity index (χ1v) is 3.38. The summed E-state index contributed by atoms with van der Waals surface area (Å²) in [4.78, 5) is 10.9. The second kappa shape index (κ2) is 4.30. The van der Waals surface area contributed by atoms with Crippen molar-refractivity contribution in [3.8, 4) is 0 Å². The van der Waals surface area contributed by atoms with Crippen LogP contribution in [0.2, 0.25) is 0 Å². The molecule has 0 aromatic rings. The fourth-order valence-corrected chi connectivity index (χ4v) is 0.585. The van der Waals surface area contributed by atoms with Crippen LogP contribution in [0.3, 0.4) is 0 Å². The molecule has 0 aliphatic heterocycles. The summed E-state index contributed by atoms with van der Waals surface area (Å²) in [6.07, 6.45) is 3.50. The van der Waals surface area contributed by atoms with E-state index in [1.165, 1.54) is 0 Å². The molecule has 1 nitrogen and oxygen atoms in total. The molecule has 1 heteroatoms. The lowest BCUT2D eigenvalue weighted by molar-refractivity contribution is -0.115. The van der Waals surface area contributed by atoms with E-state index in [0.29, 0.717) is 6.42 Å². The third-order valence-electron chi connectivity index (χ3n) is 1.35. The van der Waals surface area contributed by atoms with Crippen molar-refractivity contribution in [2.45, 2.75) is 33.6 Å². The molecule has 0 radical (unpaired) electrons. The van der Waals surface area contributed by atoms with Gasteiger partial charge in [-0.3, -0.25) is 4.79 Å². The summed E-state index contributed by atoms with van der Waals surface area (Å²) in [7, 11) is 0. The van der Waals surface area contributed by atoms with E-state index in [4.69, 9.17) is 0 Å². The first kappa shape index (κ1) is 8.41. The quantitative estimate of drug-likeness (QED) is 0.530. The fourth-order valence-electron chi connectivity index (χ4n) is 0.585. The van der Waals surface area contributed by atoms with Gasteiger partial charge in [-0.25, -0.2) is 0 Å². The number of carbonyl (C=O) groups is 1. The van der Waals surface area contributed by atoms with E-state index in [9.17, 15) is 4.79 Å². The van der Waals surface area contributed by atoms with E-state index < -0.39 is 0 Å². The molecule has 0 heterocycles. The third kappa shape index (κ3) is 3.07. The summed E-state index contributed by atoms with van der Waals surface area (Å²) >= 11 is 0. The molecule has 0 amide bonds. The van der Waals surface area contributed by atoms with Crippen molar-refractivity contribution in [2.75, 3.05) is 0 Å². The van der Waals surface area contributed by atoms with Crippen LogP contribution < -0.4 is 0 Å². The second-order valence-corrected chi connectivity index (χ2v) is 2.14. The maximum atomic E-state index is 10.9. The summed E-state index contributed by atoms with van der Waals surface area (Å²) in [5.41, 5.74) is 0.886. The Labute approximate surface area is 56.8 Å². The topological polar surface area (TPSA) is 17.1 Å². The summed E-state index contributed by atoms with van der Waals surface area (Å²) in [6.45, 7) is 5.77. The zero-order chi connectivity index (χ0) is 7.28. The Morgan fingerprint density at radius 1 is 1.56 bits per heavy atom. The molecule has 0 aliphatic carbocycles. The molecule has 9 heavy (non-hydrogen) atoms. The van der Waals surface area contributed by atoms with E-state index in [1.807, 2.05) is 26.8 Å². The number of hydrogen-bond donors (Lipinski definition) is 0. The van der Waals surface area contributed by atoms with Gasteiger partial charge in [0.15, 0.2) is 5.78 Å². The Balaban J connectivity index is 3.74. The van der Waals surface area contributed by atoms with Crippen LogP contribution in [0, 0.1) is 0 Å². The molecule has 0 bridgehead atoms. The molecule has 52 valence electrons. The van der Waals surface area contributed by atoms with Crippen molar-refractivity contribution in [1.29, 1.82) is 0 Å². The van der Waals surface area contributed by atoms with Gasteiger partial charge in [-0.1, -0.05) is 13.0 Å². The zero-order valence-electron chi connectivity index (χ0n) is 6.40. The number of Topliss-reactive ketones (excluding diaryl/α,β-unsaturated/α-hetero) is 1. The van der Waals surface area contributed by atoms with E-state index in [2.05, 4.69) is 0 Å². The normalized spacial score (nSPS) is 11.7. The lowest BCUT2D eigenvalue weighted by Gasteiger charge is -1.94. The molecule has 0 aromatic heterocycles. The summed E-state index contributed by atoms with van der Waals surface area (Å²) in [5.74, 6) is 0.278. The minimum absolute atomic E-state index is 0.278. The van der Waals surface area contributed by atoms with Gasteiger partial charge in [0.25, 0.3) is 0 Å². The van der Waals surface area contributed by atoms with Crippen LogP contribution in [0.1, 0.15) is 33.6 Å². The highest BCUT2D eigenvalue weighted by Crippen LogP contribution is 1.99. The molecular weight excluding hydrogens is 112 g/mol. The van der Waals surface area contributed by atoms with Crippen molar-refractivity contribution in [2.24, 2.45) is 0 Å². The van der Waals surface area contributed by atoms with Gasteiger partial charge in [-0.15, -0.1) is 0 Å². The molecule has 0 spiro atoms. The lowest BCUT2D eigenvalue weighted by Crippen LogP contribution is -1.96. The first-order valence-electron chi connectivity index (χ1n) is 3.38. The summed E-state index contributed by atoms with van der Waals surface area (Å²) in [5, 5.41) is 0. The third-order valence-corrected chi connectivity index (χ3v) is 1.35. The molecule has 0 rings (SSSR count). The van der Waals surface area contributed by atoms with Gasteiger partial charge in [-0.05, 0) is 25.8 Å². The van der Waals surface area contributed by atoms with Gasteiger partial charge in [0.05, 0.1) is 0 Å².